The van der Waals surface area contributed by atoms with Crippen LogP contribution in [0.25, 0.3) is 10.1 Å². The minimum Gasteiger partial charge on any atom is -0.462 e. The zero-order chi connectivity index (χ0) is 29.8. The second-order valence-electron chi connectivity index (χ2n) is 9.63. The number of halogens is 1. The monoisotopic (exact) mass is 623 g/mol. The van der Waals surface area contributed by atoms with Gasteiger partial charge in [0.2, 0.25) is 0 Å². The molecule has 0 bridgehead atoms. The van der Waals surface area contributed by atoms with Gasteiger partial charge in [0.25, 0.3) is 0 Å². The lowest BCUT2D eigenvalue weighted by atomic mass is 9.88. The second kappa shape index (κ2) is 12.8. The van der Waals surface area contributed by atoms with Crippen LogP contribution in [-0.2, 0) is 27.2 Å². The van der Waals surface area contributed by atoms with Crippen LogP contribution in [-0.4, -0.2) is 36.6 Å². The SMILES string of the molecule is CCOC(=O)c1c(NC(=O)C(=O)N/N=C\c2cccc(OC(=O)c3sc4ccccc4c3Cl)c2)sc2c1CC[C@H](C)C2. The minimum atomic E-state index is -1.01. The number of nitrogens with zero attached hydrogens (tertiary/aromatic N) is 1. The van der Waals surface area contributed by atoms with Crippen molar-refractivity contribution in [1.82, 2.24) is 5.43 Å². The number of thiophene rings is 2. The number of benzene rings is 2. The van der Waals surface area contributed by atoms with Crippen LogP contribution in [0.3, 0.4) is 0 Å². The highest BCUT2D eigenvalue weighted by molar-refractivity contribution is 7.21. The van der Waals surface area contributed by atoms with E-state index in [9.17, 15) is 19.2 Å². The Kier molecular flexibility index (Phi) is 9.00. The molecule has 2 heterocycles. The van der Waals surface area contributed by atoms with Crippen molar-refractivity contribution < 1.29 is 28.7 Å². The Labute approximate surface area is 254 Å². The third-order valence-corrected chi connectivity index (χ3v) is 9.42. The number of fused-ring (bicyclic) bond motifs is 2. The van der Waals surface area contributed by atoms with Gasteiger partial charge in [-0.1, -0.05) is 48.9 Å². The van der Waals surface area contributed by atoms with E-state index < -0.39 is 23.8 Å². The summed E-state index contributed by atoms with van der Waals surface area (Å²) in [6, 6.07) is 13.9. The molecule has 2 aromatic carbocycles. The van der Waals surface area contributed by atoms with E-state index in [1.165, 1.54) is 28.9 Å². The van der Waals surface area contributed by atoms with Gasteiger partial charge in [0.05, 0.1) is 23.4 Å². The summed E-state index contributed by atoms with van der Waals surface area (Å²) < 4.78 is 11.6. The van der Waals surface area contributed by atoms with Crippen LogP contribution in [0.2, 0.25) is 5.02 Å². The number of hydrazone groups is 1. The number of ether oxygens (including phenoxy) is 2. The Morgan fingerprint density at radius 3 is 2.67 bits per heavy atom. The summed E-state index contributed by atoms with van der Waals surface area (Å²) in [6.45, 7) is 4.04. The van der Waals surface area contributed by atoms with Crippen LogP contribution >= 0.6 is 34.3 Å². The van der Waals surface area contributed by atoms with Crippen molar-refractivity contribution in [3.63, 3.8) is 0 Å². The molecule has 1 aliphatic carbocycles. The second-order valence-corrected chi connectivity index (χ2v) is 12.2. The molecule has 2 N–H and O–H groups in total. The van der Waals surface area contributed by atoms with Gasteiger partial charge in [-0.15, -0.1) is 22.7 Å². The number of anilines is 1. The molecule has 216 valence electrons. The Morgan fingerprint density at radius 1 is 1.07 bits per heavy atom. The first-order valence-corrected chi connectivity index (χ1v) is 15.2. The number of esters is 2. The molecule has 0 fully saturated rings. The highest BCUT2D eigenvalue weighted by Crippen LogP contribution is 2.40. The number of hydrogen-bond acceptors (Lipinski definition) is 9. The van der Waals surface area contributed by atoms with Crippen LogP contribution in [0.4, 0.5) is 5.00 Å². The predicted octanol–water partition coefficient (Wildman–Crippen LogP) is 6.23. The Balaban J connectivity index is 1.22. The Bertz CT molecular complexity index is 1730. The summed E-state index contributed by atoms with van der Waals surface area (Å²) in [7, 11) is 0. The van der Waals surface area contributed by atoms with E-state index in [0.29, 0.717) is 38.4 Å². The zero-order valence-corrected chi connectivity index (χ0v) is 25.1. The van der Waals surface area contributed by atoms with E-state index in [1.54, 1.807) is 31.2 Å². The lowest BCUT2D eigenvalue weighted by Gasteiger charge is -2.18. The molecular weight excluding hydrogens is 598 g/mol. The van der Waals surface area contributed by atoms with Crippen LogP contribution in [0, 0.1) is 5.92 Å². The van der Waals surface area contributed by atoms with Gasteiger partial charge in [-0.3, -0.25) is 9.59 Å². The maximum atomic E-state index is 12.8. The fourth-order valence-electron chi connectivity index (χ4n) is 4.59. The normalized spacial score (nSPS) is 14.4. The van der Waals surface area contributed by atoms with Gasteiger partial charge in [0.15, 0.2) is 0 Å². The predicted molar refractivity (Wildman–Crippen MR) is 164 cm³/mol. The molecule has 0 aliphatic heterocycles. The summed E-state index contributed by atoms with van der Waals surface area (Å²) >= 11 is 8.93. The van der Waals surface area contributed by atoms with Crippen molar-refractivity contribution >= 4 is 79.3 Å². The number of hydrogen-bond donors (Lipinski definition) is 2. The first-order valence-electron chi connectivity index (χ1n) is 13.2. The lowest BCUT2D eigenvalue weighted by molar-refractivity contribution is -0.136. The summed E-state index contributed by atoms with van der Waals surface area (Å²) in [6.07, 6.45) is 3.74. The van der Waals surface area contributed by atoms with Gasteiger partial charge < -0.3 is 14.8 Å². The van der Waals surface area contributed by atoms with Crippen molar-refractivity contribution in [3.8, 4) is 5.75 Å². The van der Waals surface area contributed by atoms with Gasteiger partial charge >= 0.3 is 23.8 Å². The average Bonchev–Trinajstić information content (AvgIpc) is 3.50. The van der Waals surface area contributed by atoms with Crippen LogP contribution in [0.5, 0.6) is 5.75 Å². The Hall–Kier alpha value is -4.06. The average molecular weight is 624 g/mol. The topological polar surface area (TPSA) is 123 Å². The van der Waals surface area contributed by atoms with Crippen LogP contribution in [0.1, 0.15) is 56.3 Å². The number of amides is 2. The van der Waals surface area contributed by atoms with E-state index in [4.69, 9.17) is 21.1 Å². The molecule has 0 saturated carbocycles. The summed E-state index contributed by atoms with van der Waals surface area (Å²) in [5.41, 5.74) is 3.88. The number of nitrogens with one attached hydrogen (secondary N) is 2. The number of carbonyl (C=O) groups is 4. The highest BCUT2D eigenvalue weighted by Gasteiger charge is 2.30. The van der Waals surface area contributed by atoms with Crippen molar-refractivity contribution in [2.75, 3.05) is 11.9 Å². The molecule has 0 unspecified atom stereocenters. The fourth-order valence-corrected chi connectivity index (χ4v) is 7.37. The van der Waals surface area contributed by atoms with E-state index in [-0.39, 0.29) is 12.4 Å². The van der Waals surface area contributed by atoms with Gasteiger partial charge in [-0.25, -0.2) is 15.0 Å². The van der Waals surface area contributed by atoms with Crippen molar-refractivity contribution in [2.24, 2.45) is 11.0 Å². The number of rotatable bonds is 7. The van der Waals surface area contributed by atoms with Gasteiger partial charge in [0, 0.05) is 15.0 Å². The van der Waals surface area contributed by atoms with Crippen LogP contribution in [0.15, 0.2) is 53.6 Å². The van der Waals surface area contributed by atoms with Gasteiger partial charge in [-0.05, 0) is 61.4 Å². The summed E-state index contributed by atoms with van der Waals surface area (Å²) in [4.78, 5) is 51.9. The molecule has 0 radical (unpaired) electrons. The summed E-state index contributed by atoms with van der Waals surface area (Å²) in [5, 5.41) is 7.83. The molecule has 42 heavy (non-hydrogen) atoms. The van der Waals surface area contributed by atoms with E-state index >= 15 is 0 Å². The molecule has 4 aromatic rings. The smallest absolute Gasteiger partial charge is 0.355 e. The van der Waals surface area contributed by atoms with Crippen LogP contribution < -0.4 is 15.5 Å². The third kappa shape index (κ3) is 6.38. The highest BCUT2D eigenvalue weighted by atomic mass is 35.5. The first-order chi connectivity index (χ1) is 20.2. The van der Waals surface area contributed by atoms with Crippen molar-refractivity contribution in [2.45, 2.75) is 33.1 Å². The molecule has 9 nitrogen and oxygen atoms in total. The van der Waals surface area contributed by atoms with Crippen molar-refractivity contribution in [3.05, 3.63) is 80.0 Å². The first kappa shape index (κ1) is 29.4. The Morgan fingerprint density at radius 2 is 1.88 bits per heavy atom. The molecule has 1 aliphatic rings. The number of carbonyl (C=O) groups excluding carboxylic acids is 4. The molecule has 2 aromatic heterocycles. The third-order valence-electron chi connectivity index (χ3n) is 6.59. The van der Waals surface area contributed by atoms with E-state index in [2.05, 4.69) is 22.8 Å². The maximum absolute atomic E-state index is 12.8. The molecule has 5 rings (SSSR count). The molecule has 12 heteroatoms. The lowest BCUT2D eigenvalue weighted by Crippen LogP contribution is -2.32. The molecule has 0 saturated heterocycles. The fraction of sp³-hybridized carbons (Fsp3) is 0.233. The van der Waals surface area contributed by atoms with E-state index in [1.807, 2.05) is 24.3 Å². The molecule has 0 spiro atoms. The standard InChI is InChI=1S/C30H26ClN3O6S2/c1-3-39-29(37)23-19-12-11-16(2)13-22(19)42-28(23)33-26(35)27(36)34-32-15-17-7-6-8-18(14-17)40-30(38)25-24(31)20-9-4-5-10-21(20)41-25/h4-10,14-16H,3,11-13H2,1-2H3,(H,33,35)(H,34,36)/b32-15-/t16-/m0/s1. The summed E-state index contributed by atoms with van der Waals surface area (Å²) in [5.74, 6) is -2.37. The largest absolute Gasteiger partial charge is 0.462 e. The van der Waals surface area contributed by atoms with Crippen molar-refractivity contribution in [1.29, 1.82) is 0 Å². The van der Waals surface area contributed by atoms with Gasteiger partial charge in [0.1, 0.15) is 15.6 Å². The molecular formula is C30H26ClN3O6S2. The van der Waals surface area contributed by atoms with E-state index in [0.717, 1.165) is 33.4 Å². The minimum absolute atomic E-state index is 0.196. The quantitative estimate of drug-likeness (QED) is 0.0828. The van der Waals surface area contributed by atoms with Gasteiger partial charge in [-0.2, -0.15) is 5.10 Å². The maximum Gasteiger partial charge on any atom is 0.355 e. The zero-order valence-electron chi connectivity index (χ0n) is 22.7. The molecule has 2 amide bonds. The molecule has 1 atom stereocenters.